The quantitative estimate of drug-likeness (QED) is 0.731. The fourth-order valence-corrected chi connectivity index (χ4v) is 2.21. The van der Waals surface area contributed by atoms with E-state index in [0.29, 0.717) is 23.7 Å². The van der Waals surface area contributed by atoms with Crippen LogP contribution < -0.4 is 0 Å². The van der Waals surface area contributed by atoms with Crippen molar-refractivity contribution < 1.29 is 9.84 Å². The predicted molar refractivity (Wildman–Crippen MR) is 62.1 cm³/mol. The van der Waals surface area contributed by atoms with Crippen LogP contribution in [0.2, 0.25) is 18.1 Å². The molecule has 1 rings (SSSR count). The van der Waals surface area contributed by atoms with Crippen LogP contribution in [-0.2, 0) is 4.74 Å². The fraction of sp³-hybridized carbons (Fsp3) is 1.00. The summed E-state index contributed by atoms with van der Waals surface area (Å²) in [5, 5.41) is 9.30. The summed E-state index contributed by atoms with van der Waals surface area (Å²) >= 11 is 0. The van der Waals surface area contributed by atoms with Crippen molar-refractivity contribution in [1.29, 1.82) is 0 Å². The minimum Gasteiger partial charge on any atom is -0.396 e. The van der Waals surface area contributed by atoms with E-state index < -0.39 is 8.07 Å². The second kappa shape index (κ2) is 3.95. The van der Waals surface area contributed by atoms with Crippen LogP contribution in [0.15, 0.2) is 0 Å². The van der Waals surface area contributed by atoms with E-state index >= 15 is 0 Å². The number of aliphatic hydroxyl groups is 1. The molecule has 2 nitrogen and oxygen atoms in total. The summed E-state index contributed by atoms with van der Waals surface area (Å²) in [7, 11) is -1.27. The van der Waals surface area contributed by atoms with Crippen LogP contribution in [0.25, 0.3) is 0 Å². The average Bonchev–Trinajstić information content (AvgIpc) is 2.77. The molecule has 0 aromatic rings. The van der Waals surface area contributed by atoms with Crippen molar-refractivity contribution in [2.75, 3.05) is 12.8 Å². The molecule has 84 valence electrons. The standard InChI is InChI=1S/C11H24O2Si/c1-11(2,3)14(4,5)8-13-10-6-9(10)7-12/h9-10,12H,6-8H2,1-5H3. The van der Waals surface area contributed by atoms with Gasteiger partial charge in [-0.05, 0) is 11.5 Å². The van der Waals surface area contributed by atoms with Crippen LogP contribution in [0.5, 0.6) is 0 Å². The van der Waals surface area contributed by atoms with Gasteiger partial charge in [0.25, 0.3) is 0 Å². The third-order valence-corrected chi connectivity index (χ3v) is 8.73. The van der Waals surface area contributed by atoms with Crippen LogP contribution in [0.1, 0.15) is 27.2 Å². The molecule has 0 spiro atoms. The summed E-state index contributed by atoms with van der Waals surface area (Å²) < 4.78 is 5.85. The Morgan fingerprint density at radius 1 is 1.36 bits per heavy atom. The van der Waals surface area contributed by atoms with Gasteiger partial charge in [0, 0.05) is 18.8 Å². The lowest BCUT2D eigenvalue weighted by Crippen LogP contribution is -2.42. The molecular weight excluding hydrogens is 192 g/mol. The van der Waals surface area contributed by atoms with Crippen LogP contribution in [0.3, 0.4) is 0 Å². The van der Waals surface area contributed by atoms with E-state index in [2.05, 4.69) is 33.9 Å². The minimum absolute atomic E-state index is 0.294. The Kier molecular flexibility index (Phi) is 3.44. The molecule has 0 amide bonds. The number of rotatable bonds is 4. The molecule has 0 radical (unpaired) electrons. The molecule has 1 fully saturated rings. The summed E-state index contributed by atoms with van der Waals surface area (Å²) in [5.41, 5.74) is 0. The van der Waals surface area contributed by atoms with E-state index in [-0.39, 0.29) is 0 Å². The lowest BCUT2D eigenvalue weighted by atomic mass is 10.2. The minimum atomic E-state index is -1.27. The van der Waals surface area contributed by atoms with Crippen molar-refractivity contribution in [2.24, 2.45) is 5.92 Å². The van der Waals surface area contributed by atoms with Crippen molar-refractivity contribution in [3.8, 4) is 0 Å². The van der Waals surface area contributed by atoms with Crippen molar-refractivity contribution in [3.05, 3.63) is 0 Å². The van der Waals surface area contributed by atoms with Gasteiger partial charge in [-0.1, -0.05) is 33.9 Å². The molecule has 1 aliphatic carbocycles. The number of ether oxygens (including phenoxy) is 1. The number of aliphatic hydroxyl groups excluding tert-OH is 1. The topological polar surface area (TPSA) is 29.5 Å². The Hall–Kier alpha value is 0.137. The highest BCUT2D eigenvalue weighted by molar-refractivity contribution is 6.80. The molecule has 2 unspecified atom stereocenters. The van der Waals surface area contributed by atoms with Crippen molar-refractivity contribution in [1.82, 2.24) is 0 Å². The van der Waals surface area contributed by atoms with Gasteiger partial charge in [0.05, 0.1) is 14.2 Å². The van der Waals surface area contributed by atoms with Gasteiger partial charge in [0.1, 0.15) is 0 Å². The Bertz CT molecular complexity index is 196. The Morgan fingerprint density at radius 3 is 2.29 bits per heavy atom. The van der Waals surface area contributed by atoms with E-state index in [9.17, 15) is 0 Å². The first-order valence-corrected chi connectivity index (χ1v) is 8.71. The maximum Gasteiger partial charge on any atom is 0.0829 e. The maximum absolute atomic E-state index is 8.90. The van der Waals surface area contributed by atoms with E-state index in [4.69, 9.17) is 9.84 Å². The highest BCUT2D eigenvalue weighted by Gasteiger charge is 2.41. The normalized spacial score (nSPS) is 27.9. The fourth-order valence-electron chi connectivity index (χ4n) is 1.15. The van der Waals surface area contributed by atoms with Crippen molar-refractivity contribution >= 4 is 8.07 Å². The molecule has 14 heavy (non-hydrogen) atoms. The maximum atomic E-state index is 8.90. The zero-order valence-electron chi connectivity index (χ0n) is 10.1. The molecule has 3 heteroatoms. The third-order valence-electron chi connectivity index (χ3n) is 3.78. The SMILES string of the molecule is CC(C)(C)[Si](C)(C)COC1CC1CO. The molecule has 1 saturated carbocycles. The Labute approximate surface area is 88.7 Å². The van der Waals surface area contributed by atoms with Gasteiger partial charge in [-0.15, -0.1) is 0 Å². The lowest BCUT2D eigenvalue weighted by molar-refractivity contribution is 0.128. The van der Waals surface area contributed by atoms with Gasteiger partial charge in [0.2, 0.25) is 0 Å². The van der Waals surface area contributed by atoms with Gasteiger partial charge in [0.15, 0.2) is 0 Å². The third kappa shape index (κ3) is 2.81. The van der Waals surface area contributed by atoms with Crippen molar-refractivity contribution in [2.45, 2.75) is 51.4 Å². The predicted octanol–water partition coefficient (Wildman–Crippen LogP) is 2.43. The van der Waals surface area contributed by atoms with E-state index in [1.807, 2.05) is 0 Å². The van der Waals surface area contributed by atoms with Crippen LogP contribution in [0.4, 0.5) is 0 Å². The van der Waals surface area contributed by atoms with E-state index in [1.54, 1.807) is 0 Å². The summed E-state index contributed by atoms with van der Waals surface area (Å²) in [5.74, 6) is 0.430. The molecule has 0 aromatic carbocycles. The van der Waals surface area contributed by atoms with Crippen LogP contribution >= 0.6 is 0 Å². The van der Waals surface area contributed by atoms with Gasteiger partial charge < -0.3 is 9.84 Å². The molecule has 0 aliphatic heterocycles. The average molecular weight is 216 g/mol. The summed E-state index contributed by atoms with van der Waals surface area (Å²) in [6, 6.07) is 0. The van der Waals surface area contributed by atoms with Gasteiger partial charge in [-0.3, -0.25) is 0 Å². The summed E-state index contributed by atoms with van der Waals surface area (Å²) in [6.45, 7) is 12.0. The highest BCUT2D eigenvalue weighted by atomic mass is 28.3. The Morgan fingerprint density at radius 2 is 1.93 bits per heavy atom. The van der Waals surface area contributed by atoms with Gasteiger partial charge >= 0.3 is 0 Å². The highest BCUT2D eigenvalue weighted by Crippen LogP contribution is 2.39. The van der Waals surface area contributed by atoms with Gasteiger partial charge in [-0.25, -0.2) is 0 Å². The molecule has 1 aliphatic rings. The monoisotopic (exact) mass is 216 g/mol. The second-order valence-electron chi connectivity index (χ2n) is 6.16. The van der Waals surface area contributed by atoms with Crippen LogP contribution in [0, 0.1) is 5.92 Å². The summed E-state index contributed by atoms with van der Waals surface area (Å²) in [4.78, 5) is 0. The Balaban J connectivity index is 2.31. The second-order valence-corrected chi connectivity index (χ2v) is 11.7. The molecule has 2 atom stereocenters. The van der Waals surface area contributed by atoms with E-state index in [0.717, 1.165) is 12.7 Å². The zero-order valence-corrected chi connectivity index (χ0v) is 11.1. The molecule has 0 bridgehead atoms. The largest absolute Gasteiger partial charge is 0.396 e. The summed E-state index contributed by atoms with van der Waals surface area (Å²) in [6.07, 6.45) is 2.34. The van der Waals surface area contributed by atoms with Crippen molar-refractivity contribution in [3.63, 3.8) is 0 Å². The van der Waals surface area contributed by atoms with Gasteiger partial charge in [-0.2, -0.15) is 0 Å². The molecule has 0 aromatic heterocycles. The van der Waals surface area contributed by atoms with E-state index in [1.165, 1.54) is 0 Å². The number of hydrogen-bond donors (Lipinski definition) is 1. The first-order chi connectivity index (χ1) is 6.28. The molecular formula is C11H24O2Si. The molecule has 0 heterocycles. The first kappa shape index (κ1) is 12.2. The molecule has 1 N–H and O–H groups in total. The lowest BCUT2D eigenvalue weighted by Gasteiger charge is -2.36. The smallest absolute Gasteiger partial charge is 0.0829 e. The number of hydrogen-bond acceptors (Lipinski definition) is 2. The zero-order chi connectivity index (χ0) is 11.0. The van der Waals surface area contributed by atoms with Crippen LogP contribution in [-0.4, -0.2) is 32.1 Å². The molecule has 0 saturated heterocycles. The first-order valence-electron chi connectivity index (χ1n) is 5.50.